The zero-order valence-corrected chi connectivity index (χ0v) is 12.1. The van der Waals surface area contributed by atoms with E-state index in [0.29, 0.717) is 6.61 Å². The summed E-state index contributed by atoms with van der Waals surface area (Å²) in [6.45, 7) is 5.08. The molecule has 2 fully saturated rings. The van der Waals surface area contributed by atoms with Crippen molar-refractivity contribution in [3.05, 3.63) is 18.0 Å². The fraction of sp³-hybridized carbons (Fsp3) is 0.733. The quantitative estimate of drug-likeness (QED) is 0.843. The highest BCUT2D eigenvalue weighted by Crippen LogP contribution is 2.24. The molecule has 0 saturated carbocycles. The molecule has 3 heterocycles. The molecule has 2 saturated heterocycles. The molecule has 3 rings (SSSR count). The van der Waals surface area contributed by atoms with Crippen molar-refractivity contribution in [3.8, 4) is 0 Å². The predicted molar refractivity (Wildman–Crippen MR) is 75.2 cm³/mol. The first kappa shape index (κ1) is 13.6. The Balaban J connectivity index is 1.68. The van der Waals surface area contributed by atoms with Crippen molar-refractivity contribution < 1.29 is 9.53 Å². The minimum absolute atomic E-state index is 0.0787. The highest BCUT2D eigenvalue weighted by Gasteiger charge is 2.33. The van der Waals surface area contributed by atoms with E-state index < -0.39 is 0 Å². The summed E-state index contributed by atoms with van der Waals surface area (Å²) in [5, 5.41) is 4.36. The molecule has 110 valence electrons. The Hall–Kier alpha value is -1.36. The number of hydrogen-bond donors (Lipinski definition) is 0. The summed E-state index contributed by atoms with van der Waals surface area (Å²) in [5.74, 6) is 0.367. The van der Waals surface area contributed by atoms with Gasteiger partial charge in [-0.3, -0.25) is 9.48 Å². The molecule has 1 aromatic heterocycles. The molecular formula is C15H23N3O2. The fourth-order valence-corrected chi connectivity index (χ4v) is 3.23. The largest absolute Gasteiger partial charge is 0.381 e. The second kappa shape index (κ2) is 5.95. The lowest BCUT2D eigenvalue weighted by molar-refractivity contribution is -0.139. The Labute approximate surface area is 119 Å². The number of hydrogen-bond acceptors (Lipinski definition) is 3. The van der Waals surface area contributed by atoms with E-state index in [4.69, 9.17) is 4.74 Å². The van der Waals surface area contributed by atoms with Crippen LogP contribution in [0.2, 0.25) is 0 Å². The maximum absolute atomic E-state index is 12.6. The summed E-state index contributed by atoms with van der Waals surface area (Å²) in [6.07, 6.45) is 8.21. The lowest BCUT2D eigenvalue weighted by Gasteiger charge is -2.37. The van der Waals surface area contributed by atoms with Crippen LogP contribution in [0.1, 0.15) is 31.2 Å². The summed E-state index contributed by atoms with van der Waals surface area (Å²) in [7, 11) is 0. The van der Waals surface area contributed by atoms with Gasteiger partial charge in [-0.1, -0.05) is 0 Å². The van der Waals surface area contributed by atoms with Crippen molar-refractivity contribution >= 4 is 5.91 Å². The molecule has 0 unspecified atom stereocenters. The summed E-state index contributed by atoms with van der Waals surface area (Å²) in [6, 6.07) is 0.288. The van der Waals surface area contributed by atoms with Crippen LogP contribution in [0.25, 0.3) is 0 Å². The normalized spacial score (nSPS) is 26.9. The monoisotopic (exact) mass is 277 g/mol. The number of rotatable bonds is 3. The number of carbonyl (C=O) groups excluding carboxylic acids is 1. The molecule has 5 nitrogen and oxygen atoms in total. The van der Waals surface area contributed by atoms with E-state index >= 15 is 0 Å². The number of piperidine rings is 1. The van der Waals surface area contributed by atoms with Crippen LogP contribution in [0.5, 0.6) is 0 Å². The molecule has 2 aliphatic rings. The molecule has 0 N–H and O–H groups in total. The Kier molecular flexibility index (Phi) is 4.05. The van der Waals surface area contributed by atoms with Gasteiger partial charge in [0.15, 0.2) is 0 Å². The highest BCUT2D eigenvalue weighted by molar-refractivity contribution is 5.79. The molecule has 2 atom stereocenters. The van der Waals surface area contributed by atoms with Crippen LogP contribution in [0, 0.1) is 12.8 Å². The zero-order valence-electron chi connectivity index (χ0n) is 12.1. The van der Waals surface area contributed by atoms with E-state index in [1.807, 2.05) is 17.8 Å². The van der Waals surface area contributed by atoms with Gasteiger partial charge in [0.2, 0.25) is 5.91 Å². The van der Waals surface area contributed by atoms with Gasteiger partial charge in [-0.2, -0.15) is 5.10 Å². The van der Waals surface area contributed by atoms with Gasteiger partial charge in [0.25, 0.3) is 0 Å². The highest BCUT2D eigenvalue weighted by atomic mass is 16.5. The molecule has 5 heteroatoms. The number of aryl methyl sites for hydroxylation is 1. The van der Waals surface area contributed by atoms with Crippen LogP contribution in [-0.4, -0.2) is 46.4 Å². The van der Waals surface area contributed by atoms with Crippen molar-refractivity contribution in [2.75, 3.05) is 19.8 Å². The van der Waals surface area contributed by atoms with Gasteiger partial charge in [0, 0.05) is 19.3 Å². The topological polar surface area (TPSA) is 47.4 Å². The van der Waals surface area contributed by atoms with Crippen LogP contribution < -0.4 is 0 Å². The average Bonchev–Trinajstić information content (AvgIpc) is 3.10. The van der Waals surface area contributed by atoms with E-state index in [1.165, 1.54) is 12.0 Å². The van der Waals surface area contributed by atoms with E-state index in [9.17, 15) is 4.79 Å². The first-order chi connectivity index (χ1) is 9.74. The Morgan fingerprint density at radius 1 is 1.45 bits per heavy atom. The summed E-state index contributed by atoms with van der Waals surface area (Å²) < 4.78 is 7.33. The Morgan fingerprint density at radius 3 is 3.05 bits per heavy atom. The van der Waals surface area contributed by atoms with Crippen molar-refractivity contribution in [1.82, 2.24) is 14.7 Å². The first-order valence-electron chi connectivity index (χ1n) is 7.61. The second-order valence-corrected chi connectivity index (χ2v) is 5.98. The second-order valence-electron chi connectivity index (χ2n) is 5.98. The molecule has 1 amide bonds. The van der Waals surface area contributed by atoms with Crippen LogP contribution in [0.4, 0.5) is 0 Å². The van der Waals surface area contributed by atoms with Gasteiger partial charge in [-0.15, -0.1) is 0 Å². The number of aromatic nitrogens is 2. The maximum Gasteiger partial charge on any atom is 0.228 e. The van der Waals surface area contributed by atoms with Gasteiger partial charge >= 0.3 is 0 Å². The van der Waals surface area contributed by atoms with Gasteiger partial charge in [-0.05, 0) is 38.2 Å². The van der Waals surface area contributed by atoms with E-state index in [2.05, 4.69) is 16.2 Å². The van der Waals surface area contributed by atoms with Gasteiger partial charge in [0.1, 0.15) is 0 Å². The maximum atomic E-state index is 12.6. The molecule has 0 bridgehead atoms. The third-order valence-electron chi connectivity index (χ3n) is 4.35. The summed E-state index contributed by atoms with van der Waals surface area (Å²) in [4.78, 5) is 14.7. The van der Waals surface area contributed by atoms with Crippen molar-refractivity contribution in [1.29, 1.82) is 0 Å². The van der Waals surface area contributed by atoms with E-state index in [-0.39, 0.29) is 17.9 Å². The lowest BCUT2D eigenvalue weighted by atomic mass is 9.98. The van der Waals surface area contributed by atoms with Crippen LogP contribution in [0.3, 0.4) is 0 Å². The minimum atomic E-state index is 0.0787. The molecule has 1 aromatic rings. The predicted octanol–water partition coefficient (Wildman–Crippen LogP) is 1.61. The smallest absolute Gasteiger partial charge is 0.228 e. The first-order valence-corrected chi connectivity index (χ1v) is 7.61. The zero-order chi connectivity index (χ0) is 13.9. The average molecular weight is 277 g/mol. The van der Waals surface area contributed by atoms with Crippen LogP contribution in [0.15, 0.2) is 12.4 Å². The molecule has 0 aromatic carbocycles. The Morgan fingerprint density at radius 2 is 2.35 bits per heavy atom. The molecule has 0 radical (unpaired) electrons. The van der Waals surface area contributed by atoms with Gasteiger partial charge in [-0.25, -0.2) is 0 Å². The SMILES string of the molecule is Cc1cnn(C[C@H]2CCCCN2C(=O)[C@H]2CCOC2)c1. The number of amides is 1. The number of likely N-dealkylation sites (tertiary alicyclic amines) is 1. The minimum Gasteiger partial charge on any atom is -0.381 e. The number of ether oxygens (including phenoxy) is 1. The van der Waals surface area contributed by atoms with E-state index in [0.717, 1.165) is 39.0 Å². The van der Waals surface area contributed by atoms with Crippen LogP contribution in [-0.2, 0) is 16.1 Å². The third-order valence-corrected chi connectivity index (χ3v) is 4.35. The molecular weight excluding hydrogens is 254 g/mol. The Bertz CT molecular complexity index is 465. The summed E-state index contributed by atoms with van der Waals surface area (Å²) in [5.41, 5.74) is 1.17. The molecule has 20 heavy (non-hydrogen) atoms. The van der Waals surface area contributed by atoms with Crippen molar-refractivity contribution in [2.45, 2.75) is 45.2 Å². The van der Waals surface area contributed by atoms with Gasteiger partial charge in [0.05, 0.1) is 31.3 Å². The lowest BCUT2D eigenvalue weighted by Crippen LogP contribution is -2.48. The molecule has 0 spiro atoms. The fourth-order valence-electron chi connectivity index (χ4n) is 3.23. The summed E-state index contributed by atoms with van der Waals surface area (Å²) >= 11 is 0. The standard InChI is InChI=1S/C15H23N3O2/c1-12-8-16-17(9-12)10-14-4-2-3-6-18(14)15(19)13-5-7-20-11-13/h8-9,13-14H,2-7,10-11H2,1H3/t13-,14+/m0/s1. The van der Waals surface area contributed by atoms with E-state index in [1.54, 1.807) is 0 Å². The number of nitrogens with zero attached hydrogens (tertiary/aromatic N) is 3. The number of carbonyl (C=O) groups is 1. The molecule has 2 aliphatic heterocycles. The third kappa shape index (κ3) is 2.87. The molecule has 0 aliphatic carbocycles. The van der Waals surface area contributed by atoms with Gasteiger partial charge < -0.3 is 9.64 Å². The van der Waals surface area contributed by atoms with Crippen LogP contribution >= 0.6 is 0 Å². The van der Waals surface area contributed by atoms with Crippen molar-refractivity contribution in [2.24, 2.45) is 5.92 Å². The van der Waals surface area contributed by atoms with Crippen molar-refractivity contribution in [3.63, 3.8) is 0 Å².